The molecule has 0 unspecified atom stereocenters. The van der Waals surface area contributed by atoms with Crippen LogP contribution in [-0.4, -0.2) is 52.3 Å². The van der Waals surface area contributed by atoms with E-state index < -0.39 is 5.97 Å². The lowest BCUT2D eigenvalue weighted by Gasteiger charge is -2.17. The van der Waals surface area contributed by atoms with E-state index in [9.17, 15) is 9.90 Å². The lowest BCUT2D eigenvalue weighted by molar-refractivity contribution is 0.0700. The van der Waals surface area contributed by atoms with E-state index in [0.717, 1.165) is 24.5 Å². The maximum atomic E-state index is 11.2. The number of hydrogen-bond acceptors (Lipinski definition) is 5. The van der Waals surface area contributed by atoms with Gasteiger partial charge in [-0.3, -0.25) is 0 Å². The van der Waals surface area contributed by atoms with Crippen LogP contribution in [0.25, 0.3) is 0 Å². The number of aromatic nitrogens is 1. The molecule has 0 atom stereocenters. The monoisotopic (exact) mass is 300 g/mol. The van der Waals surface area contributed by atoms with Crippen molar-refractivity contribution < 1.29 is 15.0 Å². The summed E-state index contributed by atoms with van der Waals surface area (Å²) in [6.45, 7) is 8.62. The number of carboxylic acid groups (broad SMARTS) is 1. The van der Waals surface area contributed by atoms with E-state index in [-0.39, 0.29) is 6.61 Å². The van der Waals surface area contributed by atoms with Crippen LogP contribution in [0.1, 0.15) is 41.1 Å². The van der Waals surface area contributed by atoms with Crippen LogP contribution in [0.5, 0.6) is 0 Å². The van der Waals surface area contributed by atoms with Crippen molar-refractivity contribution in [3.63, 3.8) is 0 Å². The Morgan fingerprint density at radius 2 is 2.10 bits per heavy atom. The zero-order valence-electron chi connectivity index (χ0n) is 12.4. The quantitative estimate of drug-likeness (QED) is 0.728. The lowest BCUT2D eigenvalue weighted by Crippen LogP contribution is -2.28. The Balaban J connectivity index is 2.73. The number of rotatable bonds is 9. The van der Waals surface area contributed by atoms with Gasteiger partial charge in [0.05, 0.1) is 17.3 Å². The molecule has 0 saturated carbocycles. The van der Waals surface area contributed by atoms with Crippen molar-refractivity contribution in [1.82, 2.24) is 9.88 Å². The number of hydrogen-bond donors (Lipinski definition) is 2. The Morgan fingerprint density at radius 3 is 2.60 bits per heavy atom. The van der Waals surface area contributed by atoms with E-state index >= 15 is 0 Å². The summed E-state index contributed by atoms with van der Waals surface area (Å²) in [5.74, 6) is -0.489. The molecule has 6 heteroatoms. The minimum atomic E-state index is -0.882. The molecule has 0 aliphatic rings. The second-order valence-electron chi connectivity index (χ2n) is 5.19. The standard InChI is InChI=1S/C14H24N2O3S/c1-4-16(7-8-17)6-5-12-15-11(9-10(2)3)13(20-12)14(18)19/h10,17H,4-9H2,1-3H3,(H,18,19). The van der Waals surface area contributed by atoms with Crippen LogP contribution in [0.15, 0.2) is 0 Å². The SMILES string of the molecule is CCN(CCO)CCc1nc(CC(C)C)c(C(=O)O)s1. The molecule has 114 valence electrons. The summed E-state index contributed by atoms with van der Waals surface area (Å²) in [5, 5.41) is 19.0. The second kappa shape index (κ2) is 8.34. The normalized spacial score (nSPS) is 11.5. The van der Waals surface area contributed by atoms with E-state index in [4.69, 9.17) is 5.11 Å². The Hall–Kier alpha value is -0.980. The Morgan fingerprint density at radius 1 is 1.40 bits per heavy atom. The molecule has 1 aromatic heterocycles. The highest BCUT2D eigenvalue weighted by Gasteiger charge is 2.18. The minimum Gasteiger partial charge on any atom is -0.477 e. The first-order valence-corrected chi connectivity index (χ1v) is 7.84. The fourth-order valence-electron chi connectivity index (χ4n) is 2.02. The summed E-state index contributed by atoms with van der Waals surface area (Å²) in [6, 6.07) is 0. The first-order chi connectivity index (χ1) is 9.47. The number of likely N-dealkylation sites (N-methyl/N-ethyl adjacent to an activating group) is 1. The molecule has 0 bridgehead atoms. The van der Waals surface area contributed by atoms with E-state index in [2.05, 4.69) is 23.7 Å². The zero-order valence-corrected chi connectivity index (χ0v) is 13.2. The maximum absolute atomic E-state index is 11.2. The zero-order chi connectivity index (χ0) is 15.1. The maximum Gasteiger partial charge on any atom is 0.347 e. The van der Waals surface area contributed by atoms with Crippen molar-refractivity contribution in [1.29, 1.82) is 0 Å². The van der Waals surface area contributed by atoms with Crippen molar-refractivity contribution in [2.75, 3.05) is 26.2 Å². The highest BCUT2D eigenvalue weighted by atomic mass is 32.1. The molecule has 0 saturated heterocycles. The number of thiazole rings is 1. The second-order valence-corrected chi connectivity index (χ2v) is 6.28. The van der Waals surface area contributed by atoms with Crippen molar-refractivity contribution >= 4 is 17.3 Å². The van der Waals surface area contributed by atoms with Crippen LogP contribution in [0, 0.1) is 5.92 Å². The van der Waals surface area contributed by atoms with Crippen molar-refractivity contribution in [2.45, 2.75) is 33.6 Å². The highest BCUT2D eigenvalue weighted by molar-refractivity contribution is 7.13. The van der Waals surface area contributed by atoms with Crippen molar-refractivity contribution in [3.8, 4) is 0 Å². The largest absolute Gasteiger partial charge is 0.477 e. The van der Waals surface area contributed by atoms with E-state index in [1.54, 1.807) is 0 Å². The molecule has 2 N–H and O–H groups in total. The van der Waals surface area contributed by atoms with Crippen LogP contribution in [0.4, 0.5) is 0 Å². The summed E-state index contributed by atoms with van der Waals surface area (Å²) in [7, 11) is 0. The highest BCUT2D eigenvalue weighted by Crippen LogP contribution is 2.22. The van der Waals surface area contributed by atoms with Crippen LogP contribution < -0.4 is 0 Å². The third-order valence-electron chi connectivity index (χ3n) is 3.04. The van der Waals surface area contributed by atoms with Gasteiger partial charge in [-0.05, 0) is 18.9 Å². The molecular weight excluding hydrogens is 276 g/mol. The number of aromatic carboxylic acids is 1. The van der Waals surface area contributed by atoms with Gasteiger partial charge in [-0.25, -0.2) is 9.78 Å². The summed E-state index contributed by atoms with van der Waals surface area (Å²) < 4.78 is 0. The third-order valence-corrected chi connectivity index (χ3v) is 4.19. The summed E-state index contributed by atoms with van der Waals surface area (Å²) >= 11 is 1.28. The van der Waals surface area contributed by atoms with Gasteiger partial charge in [0.25, 0.3) is 0 Å². The molecule has 1 heterocycles. The summed E-state index contributed by atoms with van der Waals surface area (Å²) in [4.78, 5) is 18.2. The number of aliphatic hydroxyl groups is 1. The summed E-state index contributed by atoms with van der Waals surface area (Å²) in [6.07, 6.45) is 1.43. The van der Waals surface area contributed by atoms with E-state index in [1.807, 2.05) is 6.92 Å². The average molecular weight is 300 g/mol. The third kappa shape index (κ3) is 5.19. The predicted molar refractivity (Wildman–Crippen MR) is 80.5 cm³/mol. The van der Waals surface area contributed by atoms with E-state index in [0.29, 0.717) is 29.5 Å². The van der Waals surface area contributed by atoms with Gasteiger partial charge < -0.3 is 15.1 Å². The van der Waals surface area contributed by atoms with Gasteiger partial charge in [0.2, 0.25) is 0 Å². The molecule has 20 heavy (non-hydrogen) atoms. The van der Waals surface area contributed by atoms with Crippen LogP contribution in [-0.2, 0) is 12.8 Å². The van der Waals surface area contributed by atoms with Gasteiger partial charge in [0, 0.05) is 19.5 Å². The topological polar surface area (TPSA) is 73.7 Å². The first kappa shape index (κ1) is 17.1. The number of carboxylic acids is 1. The smallest absolute Gasteiger partial charge is 0.347 e. The predicted octanol–water partition coefficient (Wildman–Crippen LogP) is 1.90. The summed E-state index contributed by atoms with van der Waals surface area (Å²) in [5.41, 5.74) is 0.706. The molecule has 1 aromatic rings. The Kier molecular flexibility index (Phi) is 7.12. The van der Waals surface area contributed by atoms with Gasteiger partial charge >= 0.3 is 5.97 Å². The van der Waals surface area contributed by atoms with Crippen LogP contribution in [0.3, 0.4) is 0 Å². The number of carbonyl (C=O) groups is 1. The minimum absolute atomic E-state index is 0.144. The van der Waals surface area contributed by atoms with Crippen molar-refractivity contribution in [2.24, 2.45) is 5.92 Å². The molecule has 0 aromatic carbocycles. The fraction of sp³-hybridized carbons (Fsp3) is 0.714. The lowest BCUT2D eigenvalue weighted by atomic mass is 10.1. The molecule has 0 spiro atoms. The Bertz CT molecular complexity index is 432. The van der Waals surface area contributed by atoms with Crippen molar-refractivity contribution in [3.05, 3.63) is 15.6 Å². The Labute approximate surface area is 124 Å². The molecule has 0 radical (unpaired) electrons. The van der Waals surface area contributed by atoms with Gasteiger partial charge in [-0.2, -0.15) is 0 Å². The number of aliphatic hydroxyl groups excluding tert-OH is 1. The van der Waals surface area contributed by atoms with Gasteiger partial charge in [-0.1, -0.05) is 20.8 Å². The van der Waals surface area contributed by atoms with Gasteiger partial charge in [-0.15, -0.1) is 11.3 Å². The van der Waals surface area contributed by atoms with E-state index in [1.165, 1.54) is 11.3 Å². The van der Waals surface area contributed by atoms with Crippen LogP contribution >= 0.6 is 11.3 Å². The van der Waals surface area contributed by atoms with Crippen LogP contribution in [0.2, 0.25) is 0 Å². The molecule has 1 rings (SSSR count). The van der Waals surface area contributed by atoms with Gasteiger partial charge in [0.15, 0.2) is 0 Å². The average Bonchev–Trinajstić information content (AvgIpc) is 2.76. The molecular formula is C14H24N2O3S. The number of nitrogens with zero attached hydrogens (tertiary/aromatic N) is 2. The molecule has 0 amide bonds. The molecule has 5 nitrogen and oxygen atoms in total. The molecule has 0 aliphatic carbocycles. The fourth-order valence-corrected chi connectivity index (χ4v) is 2.94. The van der Waals surface area contributed by atoms with Gasteiger partial charge in [0.1, 0.15) is 4.88 Å². The molecule has 0 aliphatic heterocycles. The molecule has 0 fully saturated rings. The first-order valence-electron chi connectivity index (χ1n) is 7.03.